The van der Waals surface area contributed by atoms with Crippen LogP contribution in [0.4, 0.5) is 8.78 Å². The van der Waals surface area contributed by atoms with Crippen molar-refractivity contribution in [2.24, 2.45) is 5.73 Å². The number of rotatable bonds is 5. The van der Waals surface area contributed by atoms with Crippen molar-refractivity contribution >= 4 is 5.97 Å². The van der Waals surface area contributed by atoms with Crippen molar-refractivity contribution < 1.29 is 23.4 Å². The molecule has 0 fully saturated rings. The summed E-state index contributed by atoms with van der Waals surface area (Å²) in [5.41, 5.74) is 4.80. The Morgan fingerprint density at radius 3 is 2.65 bits per heavy atom. The molecule has 0 saturated heterocycles. The summed E-state index contributed by atoms with van der Waals surface area (Å²) in [6.07, 6.45) is 0. The lowest BCUT2D eigenvalue weighted by molar-refractivity contribution is -0.138. The highest BCUT2D eigenvalue weighted by Gasteiger charge is 2.26. The van der Waals surface area contributed by atoms with E-state index in [0.29, 0.717) is 0 Å². The van der Waals surface area contributed by atoms with E-state index in [0.717, 1.165) is 6.07 Å². The van der Waals surface area contributed by atoms with Crippen LogP contribution in [0.3, 0.4) is 0 Å². The van der Waals surface area contributed by atoms with Gasteiger partial charge in [0, 0.05) is 24.8 Å². The van der Waals surface area contributed by atoms with Crippen LogP contribution in [-0.2, 0) is 16.1 Å². The molecule has 1 aromatic carbocycles. The van der Waals surface area contributed by atoms with Gasteiger partial charge >= 0.3 is 5.97 Å². The number of halogens is 2. The van der Waals surface area contributed by atoms with Crippen molar-refractivity contribution in [3.8, 4) is 0 Å². The number of aliphatic carboxylic acids is 1. The molecule has 6 heteroatoms. The molecule has 0 amide bonds. The summed E-state index contributed by atoms with van der Waals surface area (Å²) < 4.78 is 32.1. The summed E-state index contributed by atoms with van der Waals surface area (Å²) in [5, 5.41) is 8.85. The molecule has 1 aromatic rings. The van der Waals surface area contributed by atoms with Gasteiger partial charge in [0.1, 0.15) is 11.6 Å². The van der Waals surface area contributed by atoms with E-state index in [4.69, 9.17) is 15.6 Å². The highest BCUT2D eigenvalue weighted by Crippen LogP contribution is 2.25. The molecule has 17 heavy (non-hydrogen) atoms. The standard InChI is InChI=1S/C11H13F2NO3/c1-17-5-6-2-3-8(12)9(10(6)13)7(4-14)11(15)16/h2-3,7H,4-5,14H2,1H3,(H,15,16). The van der Waals surface area contributed by atoms with E-state index < -0.39 is 29.1 Å². The molecule has 0 aliphatic carbocycles. The number of hydrogen-bond acceptors (Lipinski definition) is 3. The van der Waals surface area contributed by atoms with Crippen LogP contribution in [0.2, 0.25) is 0 Å². The maximum Gasteiger partial charge on any atom is 0.312 e. The van der Waals surface area contributed by atoms with Gasteiger partial charge in [-0.25, -0.2) is 8.78 Å². The molecular formula is C11H13F2NO3. The van der Waals surface area contributed by atoms with E-state index in [-0.39, 0.29) is 18.7 Å². The number of benzene rings is 1. The molecule has 4 nitrogen and oxygen atoms in total. The number of carbonyl (C=O) groups is 1. The summed E-state index contributed by atoms with van der Waals surface area (Å²) in [5.74, 6) is -4.59. The summed E-state index contributed by atoms with van der Waals surface area (Å²) in [6.45, 7) is -0.435. The van der Waals surface area contributed by atoms with Crippen molar-refractivity contribution in [1.29, 1.82) is 0 Å². The van der Waals surface area contributed by atoms with Crippen molar-refractivity contribution in [2.45, 2.75) is 12.5 Å². The van der Waals surface area contributed by atoms with Gasteiger partial charge in [-0.1, -0.05) is 6.07 Å². The summed E-state index contributed by atoms with van der Waals surface area (Å²) in [4.78, 5) is 10.9. The Kier molecular flexibility index (Phi) is 4.53. The molecule has 0 bridgehead atoms. The first-order valence-electron chi connectivity index (χ1n) is 4.91. The lowest BCUT2D eigenvalue weighted by Gasteiger charge is -2.14. The maximum absolute atomic E-state index is 13.9. The van der Waals surface area contributed by atoms with Crippen molar-refractivity contribution in [3.05, 3.63) is 34.9 Å². The monoisotopic (exact) mass is 245 g/mol. The Morgan fingerprint density at radius 1 is 1.53 bits per heavy atom. The second kappa shape index (κ2) is 5.70. The number of carboxylic acid groups (broad SMARTS) is 1. The van der Waals surface area contributed by atoms with Gasteiger partial charge in [0.15, 0.2) is 0 Å². The molecule has 0 aliphatic rings. The molecule has 1 unspecified atom stereocenters. The van der Waals surface area contributed by atoms with Crippen LogP contribution in [-0.4, -0.2) is 24.7 Å². The predicted molar refractivity (Wildman–Crippen MR) is 56.5 cm³/mol. The molecule has 0 radical (unpaired) electrons. The van der Waals surface area contributed by atoms with Gasteiger partial charge in [0.25, 0.3) is 0 Å². The van der Waals surface area contributed by atoms with Crippen LogP contribution in [0.1, 0.15) is 17.0 Å². The van der Waals surface area contributed by atoms with Crippen LogP contribution >= 0.6 is 0 Å². The summed E-state index contributed by atoms with van der Waals surface area (Å²) in [6, 6.07) is 2.23. The minimum atomic E-state index is -1.40. The Bertz CT molecular complexity index is 423. The van der Waals surface area contributed by atoms with Crippen LogP contribution in [0.25, 0.3) is 0 Å². The molecule has 1 atom stereocenters. The predicted octanol–water partition coefficient (Wildman–Crippen LogP) is 1.24. The second-order valence-electron chi connectivity index (χ2n) is 3.49. The smallest absolute Gasteiger partial charge is 0.312 e. The van der Waals surface area contributed by atoms with Gasteiger partial charge in [-0.05, 0) is 6.07 Å². The zero-order valence-corrected chi connectivity index (χ0v) is 9.24. The van der Waals surface area contributed by atoms with Crippen LogP contribution in [0.15, 0.2) is 12.1 Å². The molecule has 3 N–H and O–H groups in total. The molecule has 0 spiro atoms. The number of carboxylic acids is 1. The summed E-state index contributed by atoms with van der Waals surface area (Å²) >= 11 is 0. The third-order valence-corrected chi connectivity index (χ3v) is 2.39. The van der Waals surface area contributed by atoms with E-state index in [1.54, 1.807) is 0 Å². The average molecular weight is 245 g/mol. The zero-order valence-electron chi connectivity index (χ0n) is 9.24. The van der Waals surface area contributed by atoms with Crippen LogP contribution < -0.4 is 5.73 Å². The second-order valence-corrected chi connectivity index (χ2v) is 3.49. The lowest BCUT2D eigenvalue weighted by Crippen LogP contribution is -2.24. The normalized spacial score (nSPS) is 12.5. The van der Waals surface area contributed by atoms with Crippen molar-refractivity contribution in [2.75, 3.05) is 13.7 Å². The number of methoxy groups -OCH3 is 1. The average Bonchev–Trinajstić information content (AvgIpc) is 2.27. The van der Waals surface area contributed by atoms with Crippen molar-refractivity contribution in [1.82, 2.24) is 0 Å². The summed E-state index contributed by atoms with van der Waals surface area (Å²) in [7, 11) is 1.36. The minimum Gasteiger partial charge on any atom is -0.481 e. The van der Waals surface area contributed by atoms with Gasteiger partial charge in [0.05, 0.1) is 12.5 Å². The largest absolute Gasteiger partial charge is 0.481 e. The van der Waals surface area contributed by atoms with E-state index in [2.05, 4.69) is 0 Å². The van der Waals surface area contributed by atoms with Crippen LogP contribution in [0.5, 0.6) is 0 Å². The quantitative estimate of drug-likeness (QED) is 0.818. The number of nitrogens with two attached hydrogens (primary N) is 1. The van der Waals surface area contributed by atoms with E-state index in [1.165, 1.54) is 13.2 Å². The first-order chi connectivity index (χ1) is 8.02. The Morgan fingerprint density at radius 2 is 2.18 bits per heavy atom. The zero-order chi connectivity index (χ0) is 13.0. The Hall–Kier alpha value is -1.53. The topological polar surface area (TPSA) is 72.5 Å². The molecule has 0 heterocycles. The van der Waals surface area contributed by atoms with Gasteiger partial charge in [-0.15, -0.1) is 0 Å². The highest BCUT2D eigenvalue weighted by molar-refractivity contribution is 5.76. The molecule has 0 aliphatic heterocycles. The fourth-order valence-electron chi connectivity index (χ4n) is 1.54. The SMILES string of the molecule is COCc1ccc(F)c(C(CN)C(=O)O)c1F. The van der Waals surface area contributed by atoms with Crippen LogP contribution in [0, 0.1) is 11.6 Å². The molecule has 0 saturated carbocycles. The molecule has 94 valence electrons. The molecule has 0 aromatic heterocycles. The van der Waals surface area contributed by atoms with Gasteiger partial charge in [-0.3, -0.25) is 4.79 Å². The third kappa shape index (κ3) is 2.78. The first kappa shape index (κ1) is 13.5. The lowest BCUT2D eigenvalue weighted by atomic mass is 9.96. The number of ether oxygens (including phenoxy) is 1. The first-order valence-corrected chi connectivity index (χ1v) is 4.91. The van der Waals surface area contributed by atoms with Gasteiger partial charge in [0.2, 0.25) is 0 Å². The van der Waals surface area contributed by atoms with Gasteiger partial charge in [-0.2, -0.15) is 0 Å². The maximum atomic E-state index is 13.9. The fourth-order valence-corrected chi connectivity index (χ4v) is 1.54. The molecular weight excluding hydrogens is 232 g/mol. The minimum absolute atomic E-state index is 0.0595. The highest BCUT2D eigenvalue weighted by atomic mass is 19.1. The van der Waals surface area contributed by atoms with Crippen molar-refractivity contribution in [3.63, 3.8) is 0 Å². The molecule has 1 rings (SSSR count). The fraction of sp³-hybridized carbons (Fsp3) is 0.364. The van der Waals surface area contributed by atoms with Gasteiger partial charge < -0.3 is 15.6 Å². The van der Waals surface area contributed by atoms with E-state index in [1.807, 2.05) is 0 Å². The van der Waals surface area contributed by atoms with E-state index >= 15 is 0 Å². The Balaban J connectivity index is 3.29. The Labute approximate surface area is 97.0 Å². The van der Waals surface area contributed by atoms with E-state index in [9.17, 15) is 13.6 Å². The number of hydrogen-bond donors (Lipinski definition) is 2. The third-order valence-electron chi connectivity index (χ3n) is 2.39.